The number of hydrogen-bond donors (Lipinski definition) is 0. The molecule has 0 aromatic heterocycles. The van der Waals surface area contributed by atoms with Crippen LogP contribution in [0, 0.1) is 13.8 Å². The molecule has 0 fully saturated rings. The summed E-state index contributed by atoms with van der Waals surface area (Å²) in [4.78, 5) is 0. The molecule has 0 N–H and O–H groups in total. The van der Waals surface area contributed by atoms with Gasteiger partial charge in [0.15, 0.2) is 0 Å². The van der Waals surface area contributed by atoms with Crippen molar-refractivity contribution in [2.75, 3.05) is 0 Å². The monoisotopic (exact) mass is 358 g/mol. The summed E-state index contributed by atoms with van der Waals surface area (Å²) in [5.74, 6) is 1.93. The van der Waals surface area contributed by atoms with Crippen molar-refractivity contribution in [3.8, 4) is 11.5 Å². The largest absolute Gasteiger partial charge is 0.458 e. The van der Waals surface area contributed by atoms with Crippen LogP contribution in [-0.4, -0.2) is 6.71 Å². The lowest BCUT2D eigenvalue weighted by Gasteiger charge is -2.42. The lowest BCUT2D eigenvalue weighted by Crippen LogP contribution is -2.62. The maximum atomic E-state index is 6.44. The molecule has 26 heavy (non-hydrogen) atoms. The van der Waals surface area contributed by atoms with Crippen LogP contribution < -0.4 is 21.1 Å². The molecule has 0 spiro atoms. The van der Waals surface area contributed by atoms with E-state index in [9.17, 15) is 0 Å². The predicted molar refractivity (Wildman–Crippen MR) is 111 cm³/mol. The molecule has 0 aliphatic carbocycles. The van der Waals surface area contributed by atoms with Crippen molar-refractivity contribution in [3.63, 3.8) is 0 Å². The summed E-state index contributed by atoms with van der Waals surface area (Å²) in [5, 5.41) is 0.790. The molecule has 3 heteroatoms. The normalized spacial score (nSPS) is 15.7. The van der Waals surface area contributed by atoms with Crippen molar-refractivity contribution in [2.24, 2.45) is 0 Å². The highest BCUT2D eigenvalue weighted by molar-refractivity contribution is 6.98. The smallest absolute Gasteiger partial charge is 0.251 e. The molecule has 2 aliphatic rings. The Balaban J connectivity index is 1.94. The summed E-state index contributed by atoms with van der Waals surface area (Å²) >= 11 is 6.44. The van der Waals surface area contributed by atoms with Crippen molar-refractivity contribution < 1.29 is 4.74 Å². The van der Waals surface area contributed by atoms with Gasteiger partial charge in [-0.2, -0.15) is 0 Å². The maximum Gasteiger partial charge on any atom is 0.251 e. The quantitative estimate of drug-likeness (QED) is 0.428. The minimum absolute atomic E-state index is 0.0868. The number of aryl methyl sites for hydroxylation is 2. The Morgan fingerprint density at radius 3 is 2.46 bits per heavy atom. The Morgan fingerprint density at radius 2 is 1.65 bits per heavy atom. The Kier molecular flexibility index (Phi) is 3.19. The van der Waals surface area contributed by atoms with E-state index in [1.807, 2.05) is 6.07 Å². The average molecular weight is 359 g/mol. The van der Waals surface area contributed by atoms with Gasteiger partial charge in [0.1, 0.15) is 11.5 Å². The molecule has 3 aromatic carbocycles. The van der Waals surface area contributed by atoms with E-state index in [4.69, 9.17) is 16.3 Å². The van der Waals surface area contributed by atoms with E-state index in [1.54, 1.807) is 0 Å². The van der Waals surface area contributed by atoms with Gasteiger partial charge in [-0.15, -0.1) is 0 Å². The van der Waals surface area contributed by atoms with Crippen LogP contribution in [0.4, 0.5) is 0 Å². The number of benzene rings is 3. The third kappa shape index (κ3) is 2.00. The molecular formula is C23H20BClO. The lowest BCUT2D eigenvalue weighted by molar-refractivity contribution is 0.484. The van der Waals surface area contributed by atoms with Crippen LogP contribution >= 0.6 is 11.6 Å². The van der Waals surface area contributed by atoms with Gasteiger partial charge in [0.25, 0.3) is 6.71 Å². The minimum atomic E-state index is -0.0868. The van der Waals surface area contributed by atoms with Gasteiger partial charge in [-0.1, -0.05) is 60.7 Å². The van der Waals surface area contributed by atoms with Gasteiger partial charge < -0.3 is 4.74 Å². The zero-order chi connectivity index (χ0) is 18.2. The van der Waals surface area contributed by atoms with Gasteiger partial charge >= 0.3 is 0 Å². The van der Waals surface area contributed by atoms with E-state index < -0.39 is 0 Å². The van der Waals surface area contributed by atoms with Gasteiger partial charge in [0, 0.05) is 10.4 Å². The van der Waals surface area contributed by atoms with Crippen molar-refractivity contribution in [1.29, 1.82) is 0 Å². The first-order chi connectivity index (χ1) is 12.4. The molecule has 1 nitrogen and oxygen atoms in total. The number of rotatable bonds is 0. The number of fused-ring (bicyclic) bond motifs is 4. The standard InChI is InChI=1S/C23H20BClO/c1-13-5-9-19-18(11-13)24-17-12-15(25)7-8-16(17)23(3,4)21-14(2)6-10-20(26-19)22(21)24/h5-12H,1-4H3. The van der Waals surface area contributed by atoms with Crippen LogP contribution in [0.2, 0.25) is 5.02 Å². The van der Waals surface area contributed by atoms with Crippen LogP contribution in [0.1, 0.15) is 36.1 Å². The van der Waals surface area contributed by atoms with E-state index in [1.165, 1.54) is 38.6 Å². The molecule has 128 valence electrons. The van der Waals surface area contributed by atoms with E-state index >= 15 is 0 Å². The topological polar surface area (TPSA) is 9.23 Å². The second-order valence-corrected chi connectivity index (χ2v) is 8.54. The Labute approximate surface area is 160 Å². The molecule has 2 heterocycles. The lowest BCUT2D eigenvalue weighted by atomic mass is 9.30. The Bertz CT molecular complexity index is 1080. The summed E-state index contributed by atoms with van der Waals surface area (Å²) in [6.07, 6.45) is 0. The fraction of sp³-hybridized carbons (Fsp3) is 0.217. The first kappa shape index (κ1) is 16.0. The van der Waals surface area contributed by atoms with Crippen LogP contribution in [-0.2, 0) is 5.41 Å². The number of ether oxygens (including phenoxy) is 1. The zero-order valence-electron chi connectivity index (χ0n) is 15.5. The average Bonchev–Trinajstić information content (AvgIpc) is 2.58. The van der Waals surface area contributed by atoms with Gasteiger partial charge in [-0.25, -0.2) is 0 Å². The molecule has 5 rings (SSSR count). The Morgan fingerprint density at radius 1 is 0.885 bits per heavy atom. The van der Waals surface area contributed by atoms with Crippen LogP contribution in [0.15, 0.2) is 48.5 Å². The second-order valence-electron chi connectivity index (χ2n) is 8.10. The van der Waals surface area contributed by atoms with Crippen LogP contribution in [0.3, 0.4) is 0 Å². The molecule has 0 saturated heterocycles. The Hall–Kier alpha value is -2.19. The first-order valence-corrected chi connectivity index (χ1v) is 9.48. The van der Waals surface area contributed by atoms with Gasteiger partial charge in [0.05, 0.1) is 0 Å². The second kappa shape index (κ2) is 5.17. The van der Waals surface area contributed by atoms with Gasteiger partial charge in [0.2, 0.25) is 0 Å². The summed E-state index contributed by atoms with van der Waals surface area (Å²) in [6, 6.07) is 17.2. The molecule has 0 bridgehead atoms. The summed E-state index contributed by atoms with van der Waals surface area (Å²) in [6.45, 7) is 9.14. The van der Waals surface area contributed by atoms with Crippen molar-refractivity contribution in [3.05, 3.63) is 75.8 Å². The number of halogens is 1. The van der Waals surface area contributed by atoms with E-state index in [2.05, 4.69) is 70.2 Å². The molecule has 0 amide bonds. The highest BCUT2D eigenvalue weighted by Gasteiger charge is 2.45. The van der Waals surface area contributed by atoms with E-state index in [-0.39, 0.29) is 12.1 Å². The van der Waals surface area contributed by atoms with E-state index in [0.29, 0.717) is 0 Å². The highest BCUT2D eigenvalue weighted by Crippen LogP contribution is 2.40. The molecular weight excluding hydrogens is 339 g/mol. The molecule has 0 saturated carbocycles. The third-order valence-corrected chi connectivity index (χ3v) is 6.26. The zero-order valence-corrected chi connectivity index (χ0v) is 16.2. The highest BCUT2D eigenvalue weighted by atomic mass is 35.5. The van der Waals surface area contributed by atoms with Crippen molar-refractivity contribution >= 4 is 34.7 Å². The van der Waals surface area contributed by atoms with Crippen molar-refractivity contribution in [1.82, 2.24) is 0 Å². The molecule has 2 aliphatic heterocycles. The van der Waals surface area contributed by atoms with E-state index in [0.717, 1.165) is 16.5 Å². The van der Waals surface area contributed by atoms with Crippen molar-refractivity contribution in [2.45, 2.75) is 33.1 Å². The number of hydrogen-bond acceptors (Lipinski definition) is 1. The first-order valence-electron chi connectivity index (χ1n) is 9.10. The fourth-order valence-corrected chi connectivity index (χ4v) is 5.15. The SMILES string of the molecule is Cc1ccc2c(c1)B1c3cc(Cl)ccc3C(C)(C)c3c(C)ccc(c31)O2. The minimum Gasteiger partial charge on any atom is -0.458 e. The fourth-order valence-electron chi connectivity index (χ4n) is 4.97. The predicted octanol–water partition coefficient (Wildman–Crippen LogP) is 4.22. The van der Waals surface area contributed by atoms with Gasteiger partial charge in [-0.05, 0) is 65.7 Å². The molecule has 0 unspecified atom stereocenters. The maximum absolute atomic E-state index is 6.44. The molecule has 0 radical (unpaired) electrons. The van der Waals surface area contributed by atoms with Crippen LogP contribution in [0.25, 0.3) is 0 Å². The molecule has 0 atom stereocenters. The summed E-state index contributed by atoms with van der Waals surface area (Å²) in [7, 11) is 0. The summed E-state index contributed by atoms with van der Waals surface area (Å²) in [5.41, 5.74) is 9.08. The third-order valence-electron chi connectivity index (χ3n) is 6.02. The van der Waals surface area contributed by atoms with Gasteiger partial charge in [-0.3, -0.25) is 0 Å². The summed E-state index contributed by atoms with van der Waals surface area (Å²) < 4.78 is 6.34. The van der Waals surface area contributed by atoms with Crippen LogP contribution in [0.5, 0.6) is 11.5 Å². The molecule has 3 aromatic rings.